The molecule has 96 valence electrons. The van der Waals surface area contributed by atoms with Crippen LogP contribution in [0.1, 0.15) is 33.1 Å². The van der Waals surface area contributed by atoms with Crippen LogP contribution in [0.15, 0.2) is 11.1 Å². The molecule has 0 heterocycles. The number of carbonyl (C=O) groups excluding carboxylic acids is 1. The molecule has 6 nitrogen and oxygen atoms in total. The van der Waals surface area contributed by atoms with E-state index in [1.54, 1.807) is 13.8 Å². The Balaban J connectivity index is 5.00. The molecule has 0 aromatic heterocycles. The lowest BCUT2D eigenvalue weighted by molar-refractivity contribution is -0.142. The van der Waals surface area contributed by atoms with E-state index < -0.39 is 24.3 Å². The average Bonchev–Trinajstić information content (AvgIpc) is 2.22. The normalized spacial score (nSPS) is 11.6. The number of carboxylic acids is 2. The number of carbonyl (C=O) groups is 3. The molecule has 17 heavy (non-hydrogen) atoms. The summed E-state index contributed by atoms with van der Waals surface area (Å²) in [6.07, 6.45) is -0.481. The molecule has 0 aliphatic carbocycles. The predicted molar refractivity (Wildman–Crippen MR) is 58.5 cm³/mol. The molecule has 2 N–H and O–H groups in total. The van der Waals surface area contributed by atoms with Gasteiger partial charge in [-0.15, -0.1) is 0 Å². The van der Waals surface area contributed by atoms with Gasteiger partial charge in [0.2, 0.25) is 0 Å². The monoisotopic (exact) mass is 244 g/mol. The molecule has 0 aliphatic heterocycles. The standard InChI is InChI=1S/C11H16O6/c1-3-7(5-10(14)17-4-2)8(11(15)16)6-9(12)13/h3-6H2,1-2H3,(H,12,13)(H,15,16). The van der Waals surface area contributed by atoms with Crippen molar-refractivity contribution in [2.45, 2.75) is 33.1 Å². The van der Waals surface area contributed by atoms with Gasteiger partial charge in [0.1, 0.15) is 0 Å². The van der Waals surface area contributed by atoms with Crippen LogP contribution in [0.4, 0.5) is 0 Å². The van der Waals surface area contributed by atoms with Gasteiger partial charge in [0.25, 0.3) is 0 Å². The summed E-state index contributed by atoms with van der Waals surface area (Å²) in [7, 11) is 0. The second-order valence-corrected chi connectivity index (χ2v) is 3.29. The second-order valence-electron chi connectivity index (χ2n) is 3.29. The Kier molecular flexibility index (Phi) is 6.62. The smallest absolute Gasteiger partial charge is 0.332 e. The zero-order valence-electron chi connectivity index (χ0n) is 9.86. The molecule has 0 unspecified atom stereocenters. The molecule has 0 aromatic rings. The average molecular weight is 244 g/mol. The van der Waals surface area contributed by atoms with E-state index in [0.29, 0.717) is 12.0 Å². The summed E-state index contributed by atoms with van der Waals surface area (Å²) in [6.45, 7) is 3.51. The molecular weight excluding hydrogens is 228 g/mol. The number of aliphatic carboxylic acids is 2. The van der Waals surface area contributed by atoms with Gasteiger partial charge in [0.05, 0.1) is 19.4 Å². The maximum Gasteiger partial charge on any atom is 0.332 e. The third-order valence-corrected chi connectivity index (χ3v) is 2.10. The molecule has 0 atom stereocenters. The lowest BCUT2D eigenvalue weighted by Crippen LogP contribution is -2.13. The van der Waals surface area contributed by atoms with Gasteiger partial charge < -0.3 is 14.9 Å². The van der Waals surface area contributed by atoms with E-state index in [0.717, 1.165) is 0 Å². The summed E-state index contributed by atoms with van der Waals surface area (Å²) in [5, 5.41) is 17.5. The van der Waals surface area contributed by atoms with Crippen LogP contribution in [0, 0.1) is 0 Å². The van der Waals surface area contributed by atoms with Gasteiger partial charge in [-0.1, -0.05) is 6.92 Å². The molecule has 0 fully saturated rings. The molecular formula is C11H16O6. The van der Waals surface area contributed by atoms with E-state index in [2.05, 4.69) is 0 Å². The topological polar surface area (TPSA) is 101 Å². The van der Waals surface area contributed by atoms with Crippen molar-refractivity contribution < 1.29 is 29.3 Å². The Morgan fingerprint density at radius 2 is 1.65 bits per heavy atom. The molecule has 0 rings (SSSR count). The van der Waals surface area contributed by atoms with Crippen LogP contribution in [0.25, 0.3) is 0 Å². The first-order chi connectivity index (χ1) is 7.92. The van der Waals surface area contributed by atoms with Crippen LogP contribution in [-0.2, 0) is 19.1 Å². The number of hydrogen-bond donors (Lipinski definition) is 2. The summed E-state index contributed by atoms with van der Waals surface area (Å²) in [5.41, 5.74) is 0.0476. The molecule has 0 amide bonds. The minimum Gasteiger partial charge on any atom is -0.481 e. The zero-order valence-corrected chi connectivity index (χ0v) is 9.86. The van der Waals surface area contributed by atoms with Crippen molar-refractivity contribution in [2.24, 2.45) is 0 Å². The third kappa shape index (κ3) is 5.70. The van der Waals surface area contributed by atoms with Crippen molar-refractivity contribution in [3.8, 4) is 0 Å². The van der Waals surface area contributed by atoms with E-state index >= 15 is 0 Å². The number of carboxylic acid groups (broad SMARTS) is 2. The lowest BCUT2D eigenvalue weighted by Gasteiger charge is -2.08. The molecule has 0 radical (unpaired) electrons. The van der Waals surface area contributed by atoms with Gasteiger partial charge in [0, 0.05) is 5.57 Å². The van der Waals surface area contributed by atoms with Gasteiger partial charge in [-0.3, -0.25) is 9.59 Å². The van der Waals surface area contributed by atoms with Crippen molar-refractivity contribution in [1.82, 2.24) is 0 Å². The highest BCUT2D eigenvalue weighted by Crippen LogP contribution is 2.17. The fourth-order valence-electron chi connectivity index (χ4n) is 1.33. The second kappa shape index (κ2) is 7.43. The van der Waals surface area contributed by atoms with Gasteiger partial charge in [-0.25, -0.2) is 4.79 Å². The summed E-state index contributed by atoms with van der Waals surface area (Å²) in [4.78, 5) is 32.7. The van der Waals surface area contributed by atoms with Crippen LogP contribution in [-0.4, -0.2) is 34.7 Å². The van der Waals surface area contributed by atoms with Crippen LogP contribution < -0.4 is 0 Å². The highest BCUT2D eigenvalue weighted by atomic mass is 16.5. The highest BCUT2D eigenvalue weighted by molar-refractivity contribution is 5.93. The van der Waals surface area contributed by atoms with Crippen molar-refractivity contribution in [1.29, 1.82) is 0 Å². The first-order valence-electron chi connectivity index (χ1n) is 5.23. The Bertz CT molecular complexity index is 342. The summed E-state index contributed by atoms with van der Waals surface area (Å²) < 4.78 is 4.70. The number of esters is 1. The molecule has 0 spiro atoms. The van der Waals surface area contributed by atoms with Gasteiger partial charge in [-0.2, -0.15) is 0 Å². The Labute approximate surface area is 98.9 Å². The van der Waals surface area contributed by atoms with Crippen molar-refractivity contribution in [3.05, 3.63) is 11.1 Å². The van der Waals surface area contributed by atoms with Crippen LogP contribution in [0.2, 0.25) is 0 Å². The highest BCUT2D eigenvalue weighted by Gasteiger charge is 2.19. The van der Waals surface area contributed by atoms with E-state index in [1.165, 1.54) is 0 Å². The first kappa shape index (κ1) is 15.2. The fraction of sp³-hybridized carbons (Fsp3) is 0.545. The Hall–Kier alpha value is -1.85. The van der Waals surface area contributed by atoms with E-state index in [-0.39, 0.29) is 18.6 Å². The van der Waals surface area contributed by atoms with Crippen molar-refractivity contribution in [3.63, 3.8) is 0 Å². The van der Waals surface area contributed by atoms with Gasteiger partial charge in [-0.05, 0) is 18.9 Å². The molecule has 6 heteroatoms. The maximum absolute atomic E-state index is 11.2. The summed E-state index contributed by atoms with van der Waals surface area (Å²) >= 11 is 0. The molecule has 0 aromatic carbocycles. The summed E-state index contributed by atoms with van der Waals surface area (Å²) in [5.74, 6) is -3.10. The molecule has 0 aliphatic rings. The maximum atomic E-state index is 11.2. The quantitative estimate of drug-likeness (QED) is 0.515. The van der Waals surface area contributed by atoms with E-state index in [9.17, 15) is 14.4 Å². The number of hydrogen-bond acceptors (Lipinski definition) is 4. The lowest BCUT2D eigenvalue weighted by atomic mass is 10.00. The third-order valence-electron chi connectivity index (χ3n) is 2.10. The largest absolute Gasteiger partial charge is 0.481 e. The van der Waals surface area contributed by atoms with Crippen molar-refractivity contribution >= 4 is 17.9 Å². The van der Waals surface area contributed by atoms with Crippen LogP contribution >= 0.6 is 0 Å². The van der Waals surface area contributed by atoms with E-state index in [4.69, 9.17) is 14.9 Å². The van der Waals surface area contributed by atoms with E-state index in [1.807, 2.05) is 0 Å². The first-order valence-corrected chi connectivity index (χ1v) is 5.23. The molecule has 0 saturated carbocycles. The van der Waals surface area contributed by atoms with Crippen LogP contribution in [0.3, 0.4) is 0 Å². The number of ether oxygens (including phenoxy) is 1. The Morgan fingerprint density at radius 3 is 2.00 bits per heavy atom. The fourth-order valence-corrected chi connectivity index (χ4v) is 1.33. The minimum atomic E-state index is -1.31. The molecule has 0 bridgehead atoms. The van der Waals surface area contributed by atoms with Crippen molar-refractivity contribution in [2.75, 3.05) is 6.61 Å². The number of rotatable bonds is 7. The zero-order chi connectivity index (χ0) is 13.4. The Morgan fingerprint density at radius 1 is 1.06 bits per heavy atom. The summed E-state index contributed by atoms with van der Waals surface area (Å²) in [6, 6.07) is 0. The van der Waals surface area contributed by atoms with Gasteiger partial charge >= 0.3 is 17.9 Å². The SMILES string of the molecule is CCOC(=O)CC(CC)=C(CC(=O)O)C(=O)O. The molecule has 0 saturated heterocycles. The minimum absolute atomic E-state index is 0.181. The predicted octanol–water partition coefficient (Wildman–Crippen LogP) is 1.21. The van der Waals surface area contributed by atoms with Crippen LogP contribution in [0.5, 0.6) is 0 Å². The van der Waals surface area contributed by atoms with Gasteiger partial charge in [0.15, 0.2) is 0 Å².